The summed E-state index contributed by atoms with van der Waals surface area (Å²) in [5.74, 6) is -1.06. The van der Waals surface area contributed by atoms with E-state index in [9.17, 15) is 9.59 Å². The Kier molecular flexibility index (Phi) is 3.41. The van der Waals surface area contributed by atoms with Crippen LogP contribution in [0.1, 0.15) is 24.0 Å². The Morgan fingerprint density at radius 1 is 1.38 bits per heavy atom. The molecule has 2 aromatic rings. The van der Waals surface area contributed by atoms with Crippen molar-refractivity contribution < 1.29 is 14.7 Å². The van der Waals surface area contributed by atoms with Crippen molar-refractivity contribution in [1.82, 2.24) is 9.88 Å². The van der Waals surface area contributed by atoms with Crippen molar-refractivity contribution in [2.45, 2.75) is 32.2 Å². The molecule has 0 saturated heterocycles. The second kappa shape index (κ2) is 5.24. The molecular weight excluding hydrogens is 268 g/mol. The van der Waals surface area contributed by atoms with Crippen LogP contribution in [0, 0.1) is 6.92 Å². The number of aromatic nitrogens is 1. The first-order valence-electron chi connectivity index (χ1n) is 7.13. The van der Waals surface area contributed by atoms with Crippen molar-refractivity contribution in [2.75, 3.05) is 6.54 Å². The molecule has 1 aliphatic carbocycles. The lowest BCUT2D eigenvalue weighted by atomic mass is 10.1. The molecule has 21 heavy (non-hydrogen) atoms. The lowest BCUT2D eigenvalue weighted by molar-refractivity contribution is -0.144. The van der Waals surface area contributed by atoms with E-state index in [1.54, 1.807) is 0 Å². The van der Waals surface area contributed by atoms with Crippen molar-refractivity contribution in [3.8, 4) is 0 Å². The lowest BCUT2D eigenvalue weighted by Crippen LogP contribution is -2.38. The highest BCUT2D eigenvalue weighted by Gasteiger charge is 2.33. The number of carboxylic acids is 1. The van der Waals surface area contributed by atoms with Crippen LogP contribution in [0.3, 0.4) is 0 Å². The van der Waals surface area contributed by atoms with E-state index in [2.05, 4.69) is 4.98 Å². The van der Waals surface area contributed by atoms with Crippen molar-refractivity contribution in [2.24, 2.45) is 0 Å². The fourth-order valence-corrected chi connectivity index (χ4v) is 2.73. The third-order valence-electron chi connectivity index (χ3n) is 3.96. The Hall–Kier alpha value is -2.30. The molecule has 1 amide bonds. The minimum Gasteiger partial charge on any atom is -0.480 e. The normalized spacial score (nSPS) is 14.3. The molecule has 0 spiro atoms. The van der Waals surface area contributed by atoms with E-state index in [1.807, 2.05) is 31.3 Å². The monoisotopic (exact) mass is 286 g/mol. The van der Waals surface area contributed by atoms with Gasteiger partial charge in [0.25, 0.3) is 0 Å². The molecule has 1 aromatic heterocycles. The summed E-state index contributed by atoms with van der Waals surface area (Å²) in [6.45, 7) is 1.82. The topological polar surface area (TPSA) is 73.4 Å². The van der Waals surface area contributed by atoms with E-state index in [4.69, 9.17) is 5.11 Å². The SMILES string of the molecule is Cc1cccc2c(CC(=O)N(CC(=O)O)C3CC3)c[nH]c12. The number of carbonyl (C=O) groups is 2. The molecule has 0 bridgehead atoms. The maximum atomic E-state index is 12.4. The van der Waals surface area contributed by atoms with Gasteiger partial charge in [0, 0.05) is 23.1 Å². The van der Waals surface area contributed by atoms with Gasteiger partial charge in [0.15, 0.2) is 0 Å². The largest absolute Gasteiger partial charge is 0.480 e. The molecule has 5 nitrogen and oxygen atoms in total. The van der Waals surface area contributed by atoms with E-state index in [1.165, 1.54) is 4.90 Å². The number of hydrogen-bond acceptors (Lipinski definition) is 2. The molecule has 2 N–H and O–H groups in total. The van der Waals surface area contributed by atoms with Gasteiger partial charge in [0.1, 0.15) is 6.54 Å². The number of hydrogen-bond donors (Lipinski definition) is 2. The van der Waals surface area contributed by atoms with Crippen LogP contribution in [0.2, 0.25) is 0 Å². The number of aromatic amines is 1. The van der Waals surface area contributed by atoms with Crippen molar-refractivity contribution >= 4 is 22.8 Å². The fourth-order valence-electron chi connectivity index (χ4n) is 2.73. The van der Waals surface area contributed by atoms with Crippen LogP contribution in [0.5, 0.6) is 0 Å². The number of aryl methyl sites for hydroxylation is 1. The van der Waals surface area contributed by atoms with Gasteiger partial charge >= 0.3 is 5.97 Å². The average Bonchev–Trinajstić information content (AvgIpc) is 3.19. The first-order chi connectivity index (χ1) is 10.1. The summed E-state index contributed by atoms with van der Waals surface area (Å²) in [6, 6.07) is 6.08. The van der Waals surface area contributed by atoms with Crippen LogP contribution in [0.4, 0.5) is 0 Å². The van der Waals surface area contributed by atoms with Crippen molar-refractivity contribution in [3.63, 3.8) is 0 Å². The number of rotatable bonds is 5. The molecule has 1 heterocycles. The number of fused-ring (bicyclic) bond motifs is 1. The quantitative estimate of drug-likeness (QED) is 0.884. The Morgan fingerprint density at radius 2 is 2.14 bits per heavy atom. The maximum Gasteiger partial charge on any atom is 0.323 e. The van der Waals surface area contributed by atoms with E-state index in [0.29, 0.717) is 0 Å². The number of para-hydroxylation sites is 1. The number of carbonyl (C=O) groups excluding carboxylic acids is 1. The highest BCUT2D eigenvalue weighted by molar-refractivity contribution is 5.91. The highest BCUT2D eigenvalue weighted by atomic mass is 16.4. The van der Waals surface area contributed by atoms with Gasteiger partial charge in [0.05, 0.1) is 6.42 Å². The number of amides is 1. The molecule has 1 saturated carbocycles. The van der Waals surface area contributed by atoms with Crippen LogP contribution in [0.25, 0.3) is 10.9 Å². The number of carboxylic acid groups (broad SMARTS) is 1. The number of H-pyrrole nitrogens is 1. The summed E-state index contributed by atoms with van der Waals surface area (Å²) in [5.41, 5.74) is 3.10. The Morgan fingerprint density at radius 3 is 2.81 bits per heavy atom. The van der Waals surface area contributed by atoms with Gasteiger partial charge in [-0.2, -0.15) is 0 Å². The van der Waals surface area contributed by atoms with Gasteiger partial charge in [-0.05, 0) is 30.9 Å². The standard InChI is InChI=1S/C16H18N2O3/c1-10-3-2-4-13-11(8-17-16(10)13)7-14(19)18(9-15(20)21)12-5-6-12/h2-4,8,12,17H,5-7,9H2,1H3,(H,20,21). The minimum absolute atomic E-state index is 0.109. The van der Waals surface area contributed by atoms with Crippen LogP contribution in [-0.4, -0.2) is 39.5 Å². The number of aliphatic carboxylic acids is 1. The van der Waals surface area contributed by atoms with Gasteiger partial charge in [-0.25, -0.2) is 0 Å². The Labute approximate surface area is 122 Å². The predicted molar refractivity (Wildman–Crippen MR) is 79.1 cm³/mol. The van der Waals surface area contributed by atoms with Crippen molar-refractivity contribution in [3.05, 3.63) is 35.5 Å². The number of benzene rings is 1. The third kappa shape index (κ3) is 2.77. The first kappa shape index (κ1) is 13.7. The van der Waals surface area contributed by atoms with Crippen LogP contribution < -0.4 is 0 Å². The summed E-state index contributed by atoms with van der Waals surface area (Å²) >= 11 is 0. The van der Waals surface area contributed by atoms with E-state index < -0.39 is 5.97 Å². The lowest BCUT2D eigenvalue weighted by Gasteiger charge is -2.20. The minimum atomic E-state index is -0.954. The van der Waals surface area contributed by atoms with Gasteiger partial charge in [-0.3, -0.25) is 9.59 Å². The summed E-state index contributed by atoms with van der Waals surface area (Å²) in [5, 5.41) is 9.98. The molecule has 5 heteroatoms. The molecule has 1 aromatic carbocycles. The molecule has 1 aliphatic rings. The van der Waals surface area contributed by atoms with E-state index in [0.717, 1.165) is 34.9 Å². The van der Waals surface area contributed by atoms with Crippen molar-refractivity contribution in [1.29, 1.82) is 0 Å². The summed E-state index contributed by atoms with van der Waals surface area (Å²) in [6.07, 6.45) is 3.91. The summed E-state index contributed by atoms with van der Waals surface area (Å²) < 4.78 is 0. The maximum absolute atomic E-state index is 12.4. The molecule has 3 rings (SSSR count). The first-order valence-corrected chi connectivity index (χ1v) is 7.13. The molecule has 0 aliphatic heterocycles. The van der Waals surface area contributed by atoms with E-state index in [-0.39, 0.29) is 24.9 Å². The number of nitrogens with zero attached hydrogens (tertiary/aromatic N) is 1. The van der Waals surface area contributed by atoms with Gasteiger partial charge in [-0.1, -0.05) is 18.2 Å². The second-order valence-corrected chi connectivity index (χ2v) is 5.63. The molecular formula is C16H18N2O3. The van der Waals surface area contributed by atoms with E-state index >= 15 is 0 Å². The van der Waals surface area contributed by atoms with Crippen LogP contribution in [-0.2, 0) is 16.0 Å². The number of nitrogens with one attached hydrogen (secondary N) is 1. The molecule has 110 valence electrons. The molecule has 0 unspecified atom stereocenters. The van der Waals surface area contributed by atoms with Gasteiger partial charge in [-0.15, -0.1) is 0 Å². The van der Waals surface area contributed by atoms with Crippen LogP contribution in [0.15, 0.2) is 24.4 Å². The summed E-state index contributed by atoms with van der Waals surface area (Å²) in [7, 11) is 0. The predicted octanol–water partition coefficient (Wildman–Crippen LogP) is 2.09. The summed E-state index contributed by atoms with van der Waals surface area (Å²) in [4.78, 5) is 28.0. The van der Waals surface area contributed by atoms with Gasteiger partial charge < -0.3 is 15.0 Å². The Balaban J connectivity index is 1.82. The average molecular weight is 286 g/mol. The van der Waals surface area contributed by atoms with Crippen LogP contribution >= 0.6 is 0 Å². The zero-order valence-corrected chi connectivity index (χ0v) is 11.9. The van der Waals surface area contributed by atoms with Gasteiger partial charge in [0.2, 0.25) is 5.91 Å². The highest BCUT2D eigenvalue weighted by Crippen LogP contribution is 2.28. The fraction of sp³-hybridized carbons (Fsp3) is 0.375. The molecule has 0 atom stereocenters. The zero-order chi connectivity index (χ0) is 15.0. The molecule has 0 radical (unpaired) electrons. The Bertz CT molecular complexity index is 701. The second-order valence-electron chi connectivity index (χ2n) is 5.63. The molecule has 1 fully saturated rings. The zero-order valence-electron chi connectivity index (χ0n) is 11.9. The smallest absolute Gasteiger partial charge is 0.323 e. The third-order valence-corrected chi connectivity index (χ3v) is 3.96.